The minimum Gasteiger partial charge on any atom is -0.463 e. The molecule has 0 amide bonds. The van der Waals surface area contributed by atoms with Crippen molar-refractivity contribution in [1.82, 2.24) is 0 Å². The summed E-state index contributed by atoms with van der Waals surface area (Å²) >= 11 is 0. The number of ether oxygens (including phenoxy) is 5. The average Bonchev–Trinajstić information content (AvgIpc) is 2.95. The second-order valence-corrected chi connectivity index (χ2v) is 6.53. The third-order valence-electron chi connectivity index (χ3n) is 3.61. The average molecular weight is 330 g/mol. The van der Waals surface area contributed by atoms with Crippen molar-refractivity contribution in [2.45, 2.75) is 70.6 Å². The van der Waals surface area contributed by atoms with E-state index in [1.54, 1.807) is 20.8 Å². The zero-order valence-corrected chi connectivity index (χ0v) is 14.3. The largest absolute Gasteiger partial charge is 0.463 e. The minimum absolute atomic E-state index is 0.278. The number of hydrogen-bond acceptors (Lipinski definition) is 7. The van der Waals surface area contributed by atoms with E-state index in [-0.39, 0.29) is 12.7 Å². The van der Waals surface area contributed by atoms with Crippen LogP contribution in [0.25, 0.3) is 0 Å². The maximum atomic E-state index is 11.4. The van der Waals surface area contributed by atoms with Gasteiger partial charge in [0.05, 0.1) is 13.2 Å². The van der Waals surface area contributed by atoms with Crippen LogP contribution in [0.15, 0.2) is 12.2 Å². The van der Waals surface area contributed by atoms with Gasteiger partial charge in [0.2, 0.25) is 0 Å². The van der Waals surface area contributed by atoms with Gasteiger partial charge in [-0.25, -0.2) is 4.79 Å². The molecule has 0 unspecified atom stereocenters. The van der Waals surface area contributed by atoms with E-state index in [1.165, 1.54) is 12.2 Å². The van der Waals surface area contributed by atoms with E-state index in [9.17, 15) is 9.90 Å². The van der Waals surface area contributed by atoms with Gasteiger partial charge >= 0.3 is 5.97 Å². The first-order chi connectivity index (χ1) is 10.6. The van der Waals surface area contributed by atoms with Crippen LogP contribution in [0.5, 0.6) is 0 Å². The van der Waals surface area contributed by atoms with Crippen molar-refractivity contribution >= 4 is 5.97 Å². The van der Waals surface area contributed by atoms with Crippen LogP contribution in [0.2, 0.25) is 0 Å². The summed E-state index contributed by atoms with van der Waals surface area (Å²) < 4.78 is 27.8. The van der Waals surface area contributed by atoms with Crippen LogP contribution in [-0.4, -0.2) is 60.3 Å². The van der Waals surface area contributed by atoms with Gasteiger partial charge in [0.25, 0.3) is 0 Å². The molecule has 0 aliphatic carbocycles. The van der Waals surface area contributed by atoms with Gasteiger partial charge in [-0.1, -0.05) is 0 Å². The molecule has 1 N–H and O–H groups in total. The van der Waals surface area contributed by atoms with E-state index in [0.29, 0.717) is 6.61 Å². The maximum Gasteiger partial charge on any atom is 0.330 e. The zero-order chi connectivity index (χ0) is 17.3. The fourth-order valence-electron chi connectivity index (χ4n) is 2.72. The topological polar surface area (TPSA) is 83.5 Å². The Morgan fingerprint density at radius 1 is 1.26 bits per heavy atom. The highest BCUT2D eigenvalue weighted by molar-refractivity contribution is 5.81. The Labute approximate surface area is 136 Å². The Morgan fingerprint density at radius 2 is 1.96 bits per heavy atom. The van der Waals surface area contributed by atoms with E-state index in [2.05, 4.69) is 0 Å². The molecule has 4 atom stereocenters. The molecule has 0 bridgehead atoms. The van der Waals surface area contributed by atoms with Gasteiger partial charge in [-0.05, 0) is 40.7 Å². The molecular weight excluding hydrogens is 304 g/mol. The highest BCUT2D eigenvalue weighted by atomic mass is 16.8. The summed E-state index contributed by atoms with van der Waals surface area (Å²) in [5.74, 6) is -2.07. The second-order valence-electron chi connectivity index (χ2n) is 6.53. The molecule has 23 heavy (non-hydrogen) atoms. The van der Waals surface area contributed by atoms with Gasteiger partial charge in [0, 0.05) is 6.08 Å². The lowest BCUT2D eigenvalue weighted by atomic mass is 10.0. The van der Waals surface area contributed by atoms with Crippen molar-refractivity contribution in [3.63, 3.8) is 0 Å². The Bertz CT molecular complexity index is 457. The standard InChI is InChI=1S/C16H26O7/c1-6-19-12(18)8-7-10(17)13-14(23-16(4,5)22-13)11-9-20-15(2,3)21-11/h7-8,10-11,13-14,17H,6,9H2,1-5H3/b8-7+/t10-,11+,13+,14+/m0/s1. The number of hydrogen-bond donors (Lipinski definition) is 1. The van der Waals surface area contributed by atoms with Crippen LogP contribution in [0.4, 0.5) is 0 Å². The Kier molecular flexibility index (Phi) is 5.48. The maximum absolute atomic E-state index is 11.4. The summed E-state index contributed by atoms with van der Waals surface area (Å²) in [5.41, 5.74) is 0. The SMILES string of the molecule is CCOC(=O)/C=C/[C@H](O)[C@H]1OC(C)(C)O[C@@H]1[C@H]1COC(C)(C)O1. The van der Waals surface area contributed by atoms with Gasteiger partial charge in [0.15, 0.2) is 11.6 Å². The van der Waals surface area contributed by atoms with Crippen molar-refractivity contribution in [2.24, 2.45) is 0 Å². The first-order valence-corrected chi connectivity index (χ1v) is 7.84. The smallest absolute Gasteiger partial charge is 0.330 e. The lowest BCUT2D eigenvalue weighted by molar-refractivity contribution is -0.175. The van der Waals surface area contributed by atoms with Gasteiger partial charge in [-0.2, -0.15) is 0 Å². The number of carbonyl (C=O) groups is 1. The molecule has 2 rings (SSSR count). The normalized spacial score (nSPS) is 33.9. The predicted molar refractivity (Wildman–Crippen MR) is 80.5 cm³/mol. The van der Waals surface area contributed by atoms with Crippen molar-refractivity contribution in [3.8, 4) is 0 Å². The fraction of sp³-hybridized carbons (Fsp3) is 0.812. The zero-order valence-electron chi connectivity index (χ0n) is 14.3. The molecule has 0 aromatic heterocycles. The summed E-state index contributed by atoms with van der Waals surface area (Å²) in [4.78, 5) is 11.4. The van der Waals surface area contributed by atoms with E-state index < -0.39 is 35.9 Å². The van der Waals surface area contributed by atoms with Gasteiger partial charge < -0.3 is 28.8 Å². The quantitative estimate of drug-likeness (QED) is 0.598. The van der Waals surface area contributed by atoms with E-state index in [4.69, 9.17) is 23.7 Å². The molecule has 132 valence electrons. The van der Waals surface area contributed by atoms with Crippen LogP contribution in [0.3, 0.4) is 0 Å². The summed E-state index contributed by atoms with van der Waals surface area (Å²) in [5, 5.41) is 10.4. The summed E-state index contributed by atoms with van der Waals surface area (Å²) in [6.45, 7) is 9.52. The van der Waals surface area contributed by atoms with Gasteiger partial charge in [0.1, 0.15) is 24.4 Å². The third-order valence-corrected chi connectivity index (χ3v) is 3.61. The number of esters is 1. The molecule has 0 aromatic carbocycles. The monoisotopic (exact) mass is 330 g/mol. The third kappa shape index (κ3) is 4.74. The van der Waals surface area contributed by atoms with E-state index in [0.717, 1.165) is 0 Å². The van der Waals surface area contributed by atoms with Crippen LogP contribution < -0.4 is 0 Å². The second kappa shape index (κ2) is 6.86. The number of aliphatic hydroxyl groups is 1. The van der Waals surface area contributed by atoms with Gasteiger partial charge in [-0.15, -0.1) is 0 Å². The molecule has 2 fully saturated rings. The van der Waals surface area contributed by atoms with E-state index in [1.807, 2.05) is 13.8 Å². The molecular formula is C16H26O7. The number of carbonyl (C=O) groups excluding carboxylic acids is 1. The summed E-state index contributed by atoms with van der Waals surface area (Å²) in [7, 11) is 0. The molecule has 0 aromatic rings. The van der Waals surface area contributed by atoms with Gasteiger partial charge in [-0.3, -0.25) is 0 Å². The van der Waals surface area contributed by atoms with E-state index >= 15 is 0 Å². The molecule has 2 heterocycles. The van der Waals surface area contributed by atoms with Crippen LogP contribution >= 0.6 is 0 Å². The Balaban J connectivity index is 2.06. The summed E-state index contributed by atoms with van der Waals surface area (Å²) in [6, 6.07) is 0. The first-order valence-electron chi connectivity index (χ1n) is 7.84. The van der Waals surface area contributed by atoms with Crippen LogP contribution in [-0.2, 0) is 28.5 Å². The highest BCUT2D eigenvalue weighted by Gasteiger charge is 2.51. The molecule has 7 nitrogen and oxygen atoms in total. The fourth-order valence-corrected chi connectivity index (χ4v) is 2.72. The van der Waals surface area contributed by atoms with Crippen LogP contribution in [0.1, 0.15) is 34.6 Å². The molecule has 2 saturated heterocycles. The number of aliphatic hydroxyl groups excluding tert-OH is 1. The highest BCUT2D eigenvalue weighted by Crippen LogP contribution is 2.36. The molecule has 2 aliphatic rings. The Hall–Kier alpha value is -0.990. The summed E-state index contributed by atoms with van der Waals surface area (Å²) in [6.07, 6.45) is -0.0234. The predicted octanol–water partition coefficient (Wildman–Crippen LogP) is 1.14. The minimum atomic E-state index is -1.03. The van der Waals surface area contributed by atoms with Crippen LogP contribution in [0, 0.1) is 0 Å². The molecule has 0 spiro atoms. The molecule has 0 radical (unpaired) electrons. The first kappa shape index (κ1) is 18.4. The molecule has 7 heteroatoms. The molecule has 2 aliphatic heterocycles. The van der Waals surface area contributed by atoms with Crippen molar-refractivity contribution in [1.29, 1.82) is 0 Å². The lowest BCUT2D eigenvalue weighted by Gasteiger charge is -2.25. The Morgan fingerprint density at radius 3 is 2.52 bits per heavy atom. The lowest BCUT2D eigenvalue weighted by Crippen LogP contribution is -2.43. The molecule has 0 saturated carbocycles. The van der Waals surface area contributed by atoms with Crippen molar-refractivity contribution < 1.29 is 33.6 Å². The van der Waals surface area contributed by atoms with Crippen molar-refractivity contribution in [2.75, 3.05) is 13.2 Å². The number of rotatable bonds is 5. The van der Waals surface area contributed by atoms with Crippen molar-refractivity contribution in [3.05, 3.63) is 12.2 Å².